The molecule has 0 spiro atoms. The predicted octanol–water partition coefficient (Wildman–Crippen LogP) is 3.77. The number of ether oxygens (including phenoxy) is 1. The summed E-state index contributed by atoms with van der Waals surface area (Å²) in [5.41, 5.74) is 0.629. The van der Waals surface area contributed by atoms with Gasteiger partial charge in [0, 0.05) is 17.1 Å². The minimum absolute atomic E-state index is 0.247. The van der Waals surface area contributed by atoms with Crippen molar-refractivity contribution in [1.82, 2.24) is 5.32 Å². The second kappa shape index (κ2) is 7.17. The molecule has 2 N–H and O–H groups in total. The normalized spacial score (nSPS) is 10.1. The van der Waals surface area contributed by atoms with E-state index in [4.69, 9.17) is 16.3 Å². The maximum absolute atomic E-state index is 11.7. The van der Waals surface area contributed by atoms with Crippen molar-refractivity contribution in [2.45, 2.75) is 6.42 Å². The highest BCUT2D eigenvalue weighted by Gasteiger charge is 2.05. The van der Waals surface area contributed by atoms with Crippen LogP contribution in [0, 0.1) is 0 Å². The summed E-state index contributed by atoms with van der Waals surface area (Å²) >= 11 is 7.67. The Hall–Kier alpha value is -1.72. The Bertz CT molecular complexity index is 573. The van der Waals surface area contributed by atoms with E-state index in [1.54, 1.807) is 36.6 Å². The van der Waals surface area contributed by atoms with Crippen LogP contribution in [0.1, 0.15) is 4.88 Å². The highest BCUT2D eigenvalue weighted by molar-refractivity contribution is 7.09. The Morgan fingerprint density at radius 3 is 2.90 bits per heavy atom. The van der Waals surface area contributed by atoms with Crippen LogP contribution in [0.4, 0.5) is 10.5 Å². The molecule has 1 aromatic carbocycles. The molecule has 0 saturated heterocycles. The van der Waals surface area contributed by atoms with E-state index in [-0.39, 0.29) is 6.03 Å². The molecular weight excluding hydrogens is 296 g/mol. The minimum atomic E-state index is -0.247. The number of carbonyl (C=O) groups is 1. The smallest absolute Gasteiger partial charge is 0.319 e. The van der Waals surface area contributed by atoms with E-state index in [0.717, 1.165) is 6.42 Å². The molecule has 1 heterocycles. The van der Waals surface area contributed by atoms with E-state index < -0.39 is 0 Å². The second-order valence-corrected chi connectivity index (χ2v) is 5.50. The van der Waals surface area contributed by atoms with Gasteiger partial charge in [-0.3, -0.25) is 0 Å². The average Bonchev–Trinajstić information content (AvgIpc) is 2.92. The van der Waals surface area contributed by atoms with Gasteiger partial charge < -0.3 is 15.4 Å². The van der Waals surface area contributed by atoms with Crippen LogP contribution in [-0.2, 0) is 6.42 Å². The Kier molecular flexibility index (Phi) is 5.26. The highest BCUT2D eigenvalue weighted by Crippen LogP contribution is 2.27. The lowest BCUT2D eigenvalue weighted by atomic mass is 10.3. The monoisotopic (exact) mass is 310 g/mol. The molecule has 2 amide bonds. The molecule has 0 saturated carbocycles. The SMILES string of the molecule is COc1ccc(NC(=O)NCCc2cccs2)cc1Cl. The first-order valence-corrected chi connectivity index (χ1v) is 7.35. The Morgan fingerprint density at radius 1 is 1.40 bits per heavy atom. The zero-order valence-electron chi connectivity index (χ0n) is 11.0. The van der Waals surface area contributed by atoms with Gasteiger partial charge in [0.15, 0.2) is 0 Å². The largest absolute Gasteiger partial charge is 0.495 e. The summed E-state index contributed by atoms with van der Waals surface area (Å²) in [5, 5.41) is 8.01. The van der Waals surface area contributed by atoms with Crippen molar-refractivity contribution in [1.29, 1.82) is 0 Å². The number of urea groups is 1. The number of hydrogen-bond donors (Lipinski definition) is 2. The number of amides is 2. The van der Waals surface area contributed by atoms with Crippen LogP contribution in [0.2, 0.25) is 5.02 Å². The van der Waals surface area contributed by atoms with E-state index in [1.807, 2.05) is 17.5 Å². The lowest BCUT2D eigenvalue weighted by molar-refractivity contribution is 0.252. The van der Waals surface area contributed by atoms with Crippen molar-refractivity contribution in [2.75, 3.05) is 19.0 Å². The standard InChI is InChI=1S/C14H15ClN2O2S/c1-19-13-5-4-10(9-12(13)15)17-14(18)16-7-6-11-3-2-8-20-11/h2-5,8-9H,6-7H2,1H3,(H2,16,17,18). The molecule has 20 heavy (non-hydrogen) atoms. The molecule has 6 heteroatoms. The maximum Gasteiger partial charge on any atom is 0.319 e. The average molecular weight is 311 g/mol. The molecule has 0 fully saturated rings. The van der Waals surface area contributed by atoms with Gasteiger partial charge in [-0.2, -0.15) is 0 Å². The van der Waals surface area contributed by atoms with Gasteiger partial charge in [-0.15, -0.1) is 11.3 Å². The van der Waals surface area contributed by atoms with Crippen LogP contribution in [0.15, 0.2) is 35.7 Å². The molecule has 0 aliphatic carbocycles. The van der Waals surface area contributed by atoms with Crippen molar-refractivity contribution in [3.8, 4) is 5.75 Å². The number of halogens is 1. The van der Waals surface area contributed by atoms with Crippen LogP contribution in [-0.4, -0.2) is 19.7 Å². The number of benzene rings is 1. The van der Waals surface area contributed by atoms with E-state index >= 15 is 0 Å². The summed E-state index contributed by atoms with van der Waals surface area (Å²) in [7, 11) is 1.55. The first-order valence-electron chi connectivity index (χ1n) is 6.10. The van der Waals surface area contributed by atoms with Gasteiger partial charge in [-0.1, -0.05) is 17.7 Å². The van der Waals surface area contributed by atoms with Crippen molar-refractivity contribution in [2.24, 2.45) is 0 Å². The van der Waals surface area contributed by atoms with Crippen molar-refractivity contribution in [3.05, 3.63) is 45.6 Å². The molecule has 0 unspecified atom stereocenters. The fourth-order valence-corrected chi connectivity index (χ4v) is 2.64. The number of hydrogen-bond acceptors (Lipinski definition) is 3. The first-order chi connectivity index (χ1) is 9.69. The van der Waals surface area contributed by atoms with Gasteiger partial charge in [-0.05, 0) is 36.1 Å². The summed E-state index contributed by atoms with van der Waals surface area (Å²) in [6, 6.07) is 8.90. The first kappa shape index (κ1) is 14.7. The van der Waals surface area contributed by atoms with Crippen LogP contribution < -0.4 is 15.4 Å². The van der Waals surface area contributed by atoms with Crippen LogP contribution >= 0.6 is 22.9 Å². The van der Waals surface area contributed by atoms with Crippen LogP contribution in [0.3, 0.4) is 0 Å². The maximum atomic E-state index is 11.7. The molecule has 2 aromatic rings. The van der Waals surface area contributed by atoms with E-state index in [1.165, 1.54) is 4.88 Å². The fraction of sp³-hybridized carbons (Fsp3) is 0.214. The molecule has 0 radical (unpaired) electrons. The van der Waals surface area contributed by atoms with Crippen LogP contribution in [0.5, 0.6) is 5.75 Å². The van der Waals surface area contributed by atoms with Crippen molar-refractivity contribution < 1.29 is 9.53 Å². The summed E-state index contributed by atoms with van der Waals surface area (Å²) in [6.07, 6.45) is 0.828. The lowest BCUT2D eigenvalue weighted by Gasteiger charge is -2.09. The van der Waals surface area contributed by atoms with Gasteiger partial charge in [-0.25, -0.2) is 4.79 Å². The van der Waals surface area contributed by atoms with Crippen molar-refractivity contribution >= 4 is 34.7 Å². The van der Waals surface area contributed by atoms with Gasteiger partial charge in [0.25, 0.3) is 0 Å². The number of anilines is 1. The Morgan fingerprint density at radius 2 is 2.25 bits per heavy atom. The quantitative estimate of drug-likeness (QED) is 0.883. The number of thiophene rings is 1. The Balaban J connectivity index is 1.80. The van der Waals surface area contributed by atoms with E-state index in [9.17, 15) is 4.79 Å². The zero-order valence-corrected chi connectivity index (χ0v) is 12.6. The van der Waals surface area contributed by atoms with Gasteiger partial charge in [0.1, 0.15) is 5.75 Å². The van der Waals surface area contributed by atoms with Gasteiger partial charge >= 0.3 is 6.03 Å². The van der Waals surface area contributed by atoms with E-state index in [2.05, 4.69) is 10.6 Å². The summed E-state index contributed by atoms with van der Waals surface area (Å²) in [4.78, 5) is 13.0. The van der Waals surface area contributed by atoms with E-state index in [0.29, 0.717) is 23.0 Å². The van der Waals surface area contributed by atoms with Gasteiger partial charge in [0.05, 0.1) is 12.1 Å². The molecule has 0 aliphatic rings. The predicted molar refractivity (Wildman–Crippen MR) is 83.0 cm³/mol. The van der Waals surface area contributed by atoms with Gasteiger partial charge in [0.2, 0.25) is 0 Å². The highest BCUT2D eigenvalue weighted by atomic mass is 35.5. The number of rotatable bonds is 5. The second-order valence-electron chi connectivity index (χ2n) is 4.06. The molecule has 0 bridgehead atoms. The molecule has 106 valence electrons. The molecule has 0 aliphatic heterocycles. The molecular formula is C14H15ClN2O2S. The third-order valence-corrected chi connectivity index (χ3v) is 3.88. The molecule has 4 nitrogen and oxygen atoms in total. The summed E-state index contributed by atoms with van der Waals surface area (Å²) in [5.74, 6) is 0.579. The topological polar surface area (TPSA) is 50.4 Å². The zero-order chi connectivity index (χ0) is 14.4. The summed E-state index contributed by atoms with van der Waals surface area (Å²) < 4.78 is 5.05. The summed E-state index contributed by atoms with van der Waals surface area (Å²) in [6.45, 7) is 0.593. The molecule has 2 rings (SSSR count). The third-order valence-electron chi connectivity index (χ3n) is 2.65. The third kappa shape index (κ3) is 4.15. The van der Waals surface area contributed by atoms with Crippen molar-refractivity contribution in [3.63, 3.8) is 0 Å². The lowest BCUT2D eigenvalue weighted by Crippen LogP contribution is -2.30. The molecule has 0 atom stereocenters. The minimum Gasteiger partial charge on any atom is -0.495 e. The van der Waals surface area contributed by atoms with Crippen LogP contribution in [0.25, 0.3) is 0 Å². The Labute approximate surface area is 126 Å². The fourth-order valence-electron chi connectivity index (χ4n) is 1.67. The molecule has 1 aromatic heterocycles. The number of carbonyl (C=O) groups excluding carboxylic acids is 1. The number of nitrogens with one attached hydrogen (secondary N) is 2. The number of methoxy groups -OCH3 is 1.